The first-order valence-corrected chi connectivity index (χ1v) is 34.1. The first-order chi connectivity index (χ1) is 48.1. The van der Waals surface area contributed by atoms with Gasteiger partial charge in [-0.05, 0) is 227 Å². The van der Waals surface area contributed by atoms with E-state index in [1.54, 1.807) is 6.20 Å². The molecule has 0 radical (unpaired) electrons. The van der Waals surface area contributed by atoms with E-state index in [0.717, 1.165) is 61.5 Å². The average Bonchev–Trinajstić information content (AvgIpc) is 1.64. The van der Waals surface area contributed by atoms with E-state index in [1.807, 2.05) is 99.1 Å². The van der Waals surface area contributed by atoms with Crippen LogP contribution in [0.25, 0.3) is 36.6 Å². The zero-order valence-corrected chi connectivity index (χ0v) is 62.3. The highest BCUT2D eigenvalue weighted by atomic mass is 16.3. The maximum absolute atomic E-state index is 9.37. The van der Waals surface area contributed by atoms with Crippen LogP contribution in [0.4, 0.5) is 51.2 Å². The van der Waals surface area contributed by atoms with Crippen molar-refractivity contribution in [1.82, 2.24) is 19.7 Å². The summed E-state index contributed by atoms with van der Waals surface area (Å²) in [5, 5.41) is 20.8. The van der Waals surface area contributed by atoms with E-state index in [1.165, 1.54) is 78.4 Å². The standard InChI is InChI=1S/C18H16N4O.C18H19N3.C17H17N3.C16H21N3.C15H19N3/c1-11-8-14-13-6-5-7-20-18(13)23-16(14)9-15(11)22-12(2)21(4)10-17(22)19-3;1-12-8-9-13(2)17(10-12)21-14(3)20(4)18-15(11-19)6-5-7-16(18)21;1-12-7-4-5-9-15(12)20-13(2)19(3)17-14(11-18)8-6-10-16(17)20;1-10-8-11(2)16(13(4)12(10)3)19-14(5)18(7)9-15(19)17-6;1-10-7-8-11(2)15(12(10)3)18-13(4)17(6)9-14(18)16-5/h5-10,12H,1-2,4H3;5-10,14H,1-4H3;4-10,13H,1-3H3;8-9,14H,1-5,7H3;7-9,13H,1-4,6H3/t12-;14-;13-;14-;13-/m00000/s1. The van der Waals surface area contributed by atoms with Gasteiger partial charge >= 0.3 is 0 Å². The quantitative estimate of drug-likeness (QED) is 0.152. The van der Waals surface area contributed by atoms with Gasteiger partial charge in [-0.1, -0.05) is 80.4 Å². The molecular formula is C84H92N16O. The van der Waals surface area contributed by atoms with Gasteiger partial charge in [-0.25, -0.2) is 4.98 Å². The van der Waals surface area contributed by atoms with E-state index >= 15 is 0 Å². The van der Waals surface area contributed by atoms with Crippen molar-refractivity contribution in [2.45, 2.75) is 142 Å². The summed E-state index contributed by atoms with van der Waals surface area (Å²) in [6.45, 7) is 56.2. The molecule has 0 N–H and O–H groups in total. The number of aryl methyl sites for hydroxylation is 8. The van der Waals surface area contributed by atoms with E-state index in [9.17, 15) is 10.5 Å². The SMILES string of the molecule is Cc1ccc(C)c(N2c3cccc(C#N)c3N(C)[C@@H]2C)c1.Cc1ccccc1N1c2cccc(C#N)c2N(C)[C@@H]1C.[C-]#[N+]C1=CN(C)[C@H](C)N1c1c(C)cc(C)c(C)c1C.[C-]#[N+]C1=CN(C)[C@H](C)N1c1c(C)ccc(C)c1C.[C-]#[N+]C1=CN(C)[C@H](C)N1c1cc2oc3ncccc3c2cc1C. The van der Waals surface area contributed by atoms with Crippen molar-refractivity contribution in [2.24, 2.45) is 0 Å². The van der Waals surface area contributed by atoms with E-state index in [0.29, 0.717) is 23.2 Å². The Labute approximate surface area is 598 Å². The second kappa shape index (κ2) is 29.3. The average molecular weight is 1340 g/mol. The summed E-state index contributed by atoms with van der Waals surface area (Å²) in [5.41, 5.74) is 26.6. The Morgan fingerprint density at radius 1 is 0.386 bits per heavy atom. The second-order valence-electron chi connectivity index (χ2n) is 27.0. The predicted octanol–water partition coefficient (Wildman–Crippen LogP) is 19.2. The highest BCUT2D eigenvalue weighted by Gasteiger charge is 2.38. The molecule has 0 bridgehead atoms. The van der Waals surface area contributed by atoms with Crippen LogP contribution in [-0.4, -0.2) is 85.8 Å². The van der Waals surface area contributed by atoms with Gasteiger partial charge in [0.25, 0.3) is 0 Å². The van der Waals surface area contributed by atoms with Crippen LogP contribution in [0.15, 0.2) is 168 Å². The number of fused-ring (bicyclic) bond motifs is 5. The van der Waals surface area contributed by atoms with Crippen molar-refractivity contribution in [3.63, 3.8) is 0 Å². The summed E-state index contributed by atoms with van der Waals surface area (Å²) in [6, 6.07) is 45.9. The Morgan fingerprint density at radius 2 is 0.851 bits per heavy atom. The molecule has 14 rings (SSSR count). The maximum atomic E-state index is 9.37. The number of nitrogens with zero attached hydrogens (tertiary/aromatic N) is 16. The Hall–Kier alpha value is -11.8. The minimum Gasteiger partial charge on any atom is -0.438 e. The minimum absolute atomic E-state index is 0.0951. The molecule has 5 atom stereocenters. The van der Waals surface area contributed by atoms with Crippen LogP contribution in [0.5, 0.6) is 0 Å². The van der Waals surface area contributed by atoms with Gasteiger partial charge in [0.1, 0.15) is 47.1 Å². The first-order valence-electron chi connectivity index (χ1n) is 34.1. The van der Waals surface area contributed by atoms with Crippen LogP contribution in [-0.2, 0) is 0 Å². The Bertz CT molecular complexity index is 5020. The molecule has 7 heterocycles. The molecule has 0 saturated carbocycles. The van der Waals surface area contributed by atoms with Crippen molar-refractivity contribution in [3.05, 3.63) is 270 Å². The number of aromatic nitrogens is 1. The Morgan fingerprint density at radius 3 is 1.39 bits per heavy atom. The van der Waals surface area contributed by atoms with Crippen LogP contribution in [0.3, 0.4) is 0 Å². The lowest BCUT2D eigenvalue weighted by atomic mass is 9.97. The van der Waals surface area contributed by atoms with Gasteiger partial charge in [0, 0.05) is 88.2 Å². The van der Waals surface area contributed by atoms with Gasteiger partial charge in [0.15, 0.2) is 18.5 Å². The van der Waals surface area contributed by atoms with Crippen molar-refractivity contribution < 1.29 is 4.42 Å². The summed E-state index contributed by atoms with van der Waals surface area (Å²) in [6.07, 6.45) is 8.30. The normalized spacial score (nSPS) is 17.8. The monoisotopic (exact) mass is 1340 g/mol. The third-order valence-electron chi connectivity index (χ3n) is 20.8. The van der Waals surface area contributed by atoms with Gasteiger partial charge < -0.3 is 53.3 Å². The van der Waals surface area contributed by atoms with Gasteiger partial charge in [-0.2, -0.15) is 10.5 Å². The molecule has 2 aromatic heterocycles. The van der Waals surface area contributed by atoms with Gasteiger partial charge in [0.05, 0.1) is 33.9 Å². The topological polar surface area (TPSA) is 119 Å². The van der Waals surface area contributed by atoms with Crippen LogP contribution in [0.1, 0.15) is 107 Å². The summed E-state index contributed by atoms with van der Waals surface area (Å²) >= 11 is 0. The zero-order chi connectivity index (χ0) is 73.3. The number of benzene rings is 7. The summed E-state index contributed by atoms with van der Waals surface area (Å²) in [5.74, 6) is 2.02. The van der Waals surface area contributed by atoms with Crippen molar-refractivity contribution in [3.8, 4) is 12.1 Å². The van der Waals surface area contributed by atoms with Crippen molar-refractivity contribution in [1.29, 1.82) is 10.5 Å². The van der Waals surface area contributed by atoms with Crippen LogP contribution >= 0.6 is 0 Å². The number of anilines is 9. The van der Waals surface area contributed by atoms with Crippen molar-refractivity contribution >= 4 is 73.3 Å². The van der Waals surface area contributed by atoms with E-state index < -0.39 is 0 Å². The molecule has 9 aromatic rings. The molecular weight excluding hydrogens is 1250 g/mol. The molecule has 17 nitrogen and oxygen atoms in total. The number of nitriles is 2. The molecule has 5 aliphatic heterocycles. The minimum atomic E-state index is 0.0951. The fourth-order valence-electron chi connectivity index (χ4n) is 14.3. The number of hydrogen-bond donors (Lipinski definition) is 0. The molecule has 0 unspecified atom stereocenters. The van der Waals surface area contributed by atoms with Crippen LogP contribution in [0.2, 0.25) is 0 Å². The molecule has 0 saturated heterocycles. The molecule has 7 aromatic carbocycles. The third-order valence-corrected chi connectivity index (χ3v) is 20.8. The lowest BCUT2D eigenvalue weighted by Crippen LogP contribution is -2.36. The largest absolute Gasteiger partial charge is 0.438 e. The smallest absolute Gasteiger partial charge is 0.247 e. The molecule has 5 aliphatic rings. The Kier molecular flexibility index (Phi) is 20.9. The number of pyridine rings is 1. The number of para-hydroxylation sites is 3. The van der Waals surface area contributed by atoms with Gasteiger partial charge in [-0.15, -0.1) is 0 Å². The second-order valence-corrected chi connectivity index (χ2v) is 27.0. The summed E-state index contributed by atoms with van der Waals surface area (Å²) < 4.78 is 5.89. The van der Waals surface area contributed by atoms with E-state index in [4.69, 9.17) is 24.1 Å². The third kappa shape index (κ3) is 13.3. The fourth-order valence-corrected chi connectivity index (χ4v) is 14.3. The zero-order valence-electron chi connectivity index (χ0n) is 62.3. The molecule has 0 aliphatic carbocycles. The van der Waals surface area contributed by atoms with Crippen molar-refractivity contribution in [2.75, 3.05) is 69.5 Å². The molecule has 101 heavy (non-hydrogen) atoms. The van der Waals surface area contributed by atoms with Crippen LogP contribution in [0, 0.1) is 119 Å². The lowest BCUT2D eigenvalue weighted by Gasteiger charge is -2.29. The lowest BCUT2D eigenvalue weighted by molar-refractivity contribution is 0.382. The maximum Gasteiger partial charge on any atom is 0.247 e. The molecule has 514 valence electrons. The molecule has 0 spiro atoms. The predicted molar refractivity (Wildman–Crippen MR) is 415 cm³/mol. The molecule has 0 amide bonds. The first kappa shape index (κ1) is 71.9. The van der Waals surface area contributed by atoms with Gasteiger partial charge in [-0.3, -0.25) is 14.7 Å². The summed E-state index contributed by atoms with van der Waals surface area (Å²) in [7, 11) is 10.1. The molecule has 0 fully saturated rings. The molecule has 17 heteroatoms. The highest BCUT2D eigenvalue weighted by Crippen LogP contribution is 2.48. The number of furan rings is 1. The van der Waals surface area contributed by atoms with E-state index in [-0.39, 0.29) is 30.8 Å². The summed E-state index contributed by atoms with van der Waals surface area (Å²) in [4.78, 5) is 36.8. The van der Waals surface area contributed by atoms with Crippen LogP contribution < -0.4 is 34.3 Å². The van der Waals surface area contributed by atoms with Gasteiger partial charge in [0.2, 0.25) is 23.2 Å². The fraction of sp³-hybridized carbons (Fsp3) is 0.310. The highest BCUT2D eigenvalue weighted by molar-refractivity contribution is 6.05. The number of hydrogen-bond acceptors (Lipinski definition) is 14. The number of rotatable bonds is 5. The Balaban J connectivity index is 0.000000137. The van der Waals surface area contributed by atoms with E-state index in [2.05, 4.69) is 268 Å².